The predicted molar refractivity (Wildman–Crippen MR) is 68.7 cm³/mol. The van der Waals surface area contributed by atoms with Crippen molar-refractivity contribution in [3.8, 4) is 0 Å². The molecule has 1 saturated carbocycles. The van der Waals surface area contributed by atoms with Gasteiger partial charge in [-0.25, -0.2) is 0 Å². The third-order valence-corrected chi connectivity index (χ3v) is 4.54. The first kappa shape index (κ1) is 11.2. The molecule has 0 aromatic heterocycles. The number of carbonyl (C=O) groups is 1. The van der Waals surface area contributed by atoms with Crippen LogP contribution >= 0.6 is 0 Å². The van der Waals surface area contributed by atoms with Crippen molar-refractivity contribution in [2.75, 3.05) is 19.6 Å². The summed E-state index contributed by atoms with van der Waals surface area (Å²) in [5, 5.41) is 0. The molecule has 0 aromatic carbocycles. The van der Waals surface area contributed by atoms with Gasteiger partial charge in [0, 0.05) is 36.9 Å². The van der Waals surface area contributed by atoms with Crippen LogP contribution < -0.4 is 0 Å². The van der Waals surface area contributed by atoms with E-state index in [0.717, 1.165) is 38.9 Å². The van der Waals surface area contributed by atoms with E-state index in [2.05, 4.69) is 36.1 Å². The molecule has 1 heterocycles. The Bertz CT molecular complexity index is 368. The van der Waals surface area contributed by atoms with Crippen molar-refractivity contribution in [1.82, 2.24) is 4.90 Å². The maximum atomic E-state index is 11.9. The van der Waals surface area contributed by atoms with Crippen LogP contribution in [0.1, 0.15) is 26.2 Å². The number of hydrogen-bond donors (Lipinski definition) is 0. The molecule has 1 saturated heterocycles. The van der Waals surface area contributed by atoms with Gasteiger partial charge in [-0.3, -0.25) is 4.79 Å². The first-order valence-corrected chi connectivity index (χ1v) is 6.77. The number of rotatable bonds is 2. The highest BCUT2D eigenvalue weighted by molar-refractivity contribution is 5.86. The van der Waals surface area contributed by atoms with Gasteiger partial charge in [0.1, 0.15) is 5.78 Å². The van der Waals surface area contributed by atoms with Crippen molar-refractivity contribution >= 4 is 5.78 Å². The first-order chi connectivity index (χ1) is 8.16. The Labute approximate surface area is 103 Å². The molecule has 1 aliphatic heterocycles. The third kappa shape index (κ3) is 2.11. The van der Waals surface area contributed by atoms with Gasteiger partial charge in [-0.15, -0.1) is 0 Å². The topological polar surface area (TPSA) is 20.3 Å². The molecule has 2 bridgehead atoms. The monoisotopic (exact) mass is 231 g/mol. The molecule has 17 heavy (non-hydrogen) atoms. The van der Waals surface area contributed by atoms with Gasteiger partial charge in [0.25, 0.3) is 0 Å². The van der Waals surface area contributed by atoms with Crippen LogP contribution in [0.5, 0.6) is 0 Å². The fourth-order valence-corrected chi connectivity index (χ4v) is 3.61. The van der Waals surface area contributed by atoms with E-state index in [1.54, 1.807) is 0 Å². The van der Waals surface area contributed by atoms with Crippen LogP contribution in [0.2, 0.25) is 0 Å². The summed E-state index contributed by atoms with van der Waals surface area (Å²) in [7, 11) is 0. The Kier molecular flexibility index (Phi) is 2.70. The minimum Gasteiger partial charge on any atom is -0.301 e. The molecule has 0 amide bonds. The Hall–Kier alpha value is -0.890. The fourth-order valence-electron chi connectivity index (χ4n) is 3.61. The number of hydrogen-bond acceptors (Lipinski definition) is 2. The summed E-state index contributed by atoms with van der Waals surface area (Å²) in [6.07, 6.45) is 12.3. The minimum atomic E-state index is 0.272. The molecule has 2 nitrogen and oxygen atoms in total. The lowest BCUT2D eigenvalue weighted by Crippen LogP contribution is -2.46. The van der Waals surface area contributed by atoms with Gasteiger partial charge in [0.05, 0.1) is 0 Å². The summed E-state index contributed by atoms with van der Waals surface area (Å²) in [5.41, 5.74) is 0.272. The molecule has 2 fully saturated rings. The fraction of sp³-hybridized carbons (Fsp3) is 0.667. The molecule has 0 spiro atoms. The number of ketones is 1. The number of Topliss-reactive ketones (excluding diaryl/α,β-unsaturated/α-hetero) is 1. The number of carbonyl (C=O) groups excluding carboxylic acids is 1. The lowest BCUT2D eigenvalue weighted by atomic mass is 9.82. The number of piperidine rings is 1. The standard InChI is InChI=1S/C15H21NO/c1-15(7-3-2-4-8-15)11-16-9-12-5-6-13(10-16)14(12)17/h2-4,7,12-13H,5-6,8-11H2,1H3. The van der Waals surface area contributed by atoms with Crippen molar-refractivity contribution in [3.05, 3.63) is 24.3 Å². The van der Waals surface area contributed by atoms with E-state index in [1.807, 2.05) is 0 Å². The van der Waals surface area contributed by atoms with Gasteiger partial charge in [-0.2, -0.15) is 0 Å². The second-order valence-electron chi connectivity index (χ2n) is 6.21. The smallest absolute Gasteiger partial charge is 0.141 e. The molecule has 0 N–H and O–H groups in total. The van der Waals surface area contributed by atoms with Gasteiger partial charge in [0.15, 0.2) is 0 Å². The second-order valence-corrected chi connectivity index (χ2v) is 6.21. The summed E-state index contributed by atoms with van der Waals surface area (Å²) in [6, 6.07) is 0. The van der Waals surface area contributed by atoms with Crippen molar-refractivity contribution in [3.63, 3.8) is 0 Å². The zero-order valence-electron chi connectivity index (χ0n) is 10.6. The van der Waals surface area contributed by atoms with Crippen molar-refractivity contribution in [2.24, 2.45) is 17.3 Å². The van der Waals surface area contributed by atoms with Crippen LogP contribution in [0.15, 0.2) is 24.3 Å². The highest BCUT2D eigenvalue weighted by Gasteiger charge is 2.41. The zero-order valence-corrected chi connectivity index (χ0v) is 10.6. The van der Waals surface area contributed by atoms with E-state index in [1.165, 1.54) is 0 Å². The van der Waals surface area contributed by atoms with E-state index in [0.29, 0.717) is 17.6 Å². The maximum absolute atomic E-state index is 11.9. The van der Waals surface area contributed by atoms with Gasteiger partial charge in [0.2, 0.25) is 0 Å². The number of allylic oxidation sites excluding steroid dienone is 3. The van der Waals surface area contributed by atoms with Crippen LogP contribution in [-0.4, -0.2) is 30.3 Å². The Morgan fingerprint density at radius 2 is 2.00 bits per heavy atom. The summed E-state index contributed by atoms with van der Waals surface area (Å²) < 4.78 is 0. The van der Waals surface area contributed by atoms with Gasteiger partial charge >= 0.3 is 0 Å². The molecule has 3 rings (SSSR count). The third-order valence-electron chi connectivity index (χ3n) is 4.54. The largest absolute Gasteiger partial charge is 0.301 e. The Balaban J connectivity index is 1.65. The van der Waals surface area contributed by atoms with E-state index in [4.69, 9.17) is 0 Å². The number of fused-ring (bicyclic) bond motifs is 2. The molecule has 0 radical (unpaired) electrons. The summed E-state index contributed by atoms with van der Waals surface area (Å²) >= 11 is 0. The minimum absolute atomic E-state index is 0.272. The van der Waals surface area contributed by atoms with Crippen LogP contribution in [0.4, 0.5) is 0 Å². The lowest BCUT2D eigenvalue weighted by Gasteiger charge is -2.37. The number of nitrogens with zero attached hydrogens (tertiary/aromatic N) is 1. The molecule has 92 valence electrons. The van der Waals surface area contributed by atoms with Crippen molar-refractivity contribution in [1.29, 1.82) is 0 Å². The molecular weight excluding hydrogens is 210 g/mol. The molecule has 2 aliphatic carbocycles. The molecule has 2 heteroatoms. The zero-order chi connectivity index (χ0) is 11.9. The average Bonchev–Trinajstić information content (AvgIpc) is 2.52. The second kappa shape index (κ2) is 4.09. The average molecular weight is 231 g/mol. The van der Waals surface area contributed by atoms with E-state index in [-0.39, 0.29) is 5.41 Å². The van der Waals surface area contributed by atoms with Crippen LogP contribution in [-0.2, 0) is 4.79 Å². The summed E-state index contributed by atoms with van der Waals surface area (Å²) in [6.45, 7) is 5.43. The first-order valence-electron chi connectivity index (χ1n) is 6.77. The highest BCUT2D eigenvalue weighted by atomic mass is 16.1. The van der Waals surface area contributed by atoms with Crippen LogP contribution in [0.3, 0.4) is 0 Å². The number of likely N-dealkylation sites (tertiary alicyclic amines) is 1. The summed E-state index contributed by atoms with van der Waals surface area (Å²) in [4.78, 5) is 14.4. The van der Waals surface area contributed by atoms with Gasteiger partial charge < -0.3 is 4.90 Å². The summed E-state index contributed by atoms with van der Waals surface area (Å²) in [5.74, 6) is 1.24. The van der Waals surface area contributed by atoms with Gasteiger partial charge in [-0.1, -0.05) is 31.2 Å². The van der Waals surface area contributed by atoms with Crippen molar-refractivity contribution < 1.29 is 4.79 Å². The molecule has 0 aromatic rings. The molecular formula is C15H21NO. The quantitative estimate of drug-likeness (QED) is 0.727. The molecule has 3 aliphatic rings. The molecule has 3 unspecified atom stereocenters. The van der Waals surface area contributed by atoms with E-state index < -0.39 is 0 Å². The van der Waals surface area contributed by atoms with Crippen molar-refractivity contribution in [2.45, 2.75) is 26.2 Å². The predicted octanol–water partition coefficient (Wildman–Crippen LogP) is 2.42. The SMILES string of the molecule is CC1(CN2CC3CCC(C2)C3=O)C=CC=CC1. The Morgan fingerprint density at radius 1 is 1.29 bits per heavy atom. The van der Waals surface area contributed by atoms with E-state index >= 15 is 0 Å². The normalized spacial score (nSPS) is 41.1. The molecule has 3 atom stereocenters. The highest BCUT2D eigenvalue weighted by Crippen LogP contribution is 2.36. The van der Waals surface area contributed by atoms with E-state index in [9.17, 15) is 4.79 Å². The van der Waals surface area contributed by atoms with Crippen LogP contribution in [0, 0.1) is 17.3 Å². The maximum Gasteiger partial charge on any atom is 0.141 e. The van der Waals surface area contributed by atoms with Crippen LogP contribution in [0.25, 0.3) is 0 Å². The Morgan fingerprint density at radius 3 is 2.59 bits per heavy atom. The lowest BCUT2D eigenvalue weighted by molar-refractivity contribution is -0.127. The van der Waals surface area contributed by atoms with Gasteiger partial charge in [-0.05, 0) is 19.3 Å².